The second-order valence-electron chi connectivity index (χ2n) is 4.73. The van der Waals surface area contributed by atoms with E-state index in [1.807, 2.05) is 6.92 Å². The molecule has 21 heavy (non-hydrogen) atoms. The van der Waals surface area contributed by atoms with Crippen molar-refractivity contribution in [1.29, 1.82) is 0 Å². The zero-order chi connectivity index (χ0) is 15.1. The average Bonchev–Trinajstić information content (AvgIpc) is 3.00. The number of para-hydroxylation sites is 2. The summed E-state index contributed by atoms with van der Waals surface area (Å²) in [6.45, 7) is 3.42. The molecule has 0 aliphatic carbocycles. The van der Waals surface area contributed by atoms with Crippen molar-refractivity contribution < 1.29 is 19.1 Å². The Balaban J connectivity index is 1.86. The first kappa shape index (κ1) is 15.3. The number of carbonyl (C=O) groups is 2. The fraction of sp³-hybridized carbons (Fsp3) is 0.467. The Kier molecular flexibility index (Phi) is 5.57. The molecule has 6 nitrogen and oxygen atoms in total. The Bertz CT molecular complexity index is 498. The molecule has 0 radical (unpaired) electrons. The van der Waals surface area contributed by atoms with Gasteiger partial charge in [-0.25, -0.2) is 0 Å². The van der Waals surface area contributed by atoms with Gasteiger partial charge in [0.1, 0.15) is 5.75 Å². The third-order valence-corrected chi connectivity index (χ3v) is 3.16. The quantitative estimate of drug-likeness (QED) is 0.802. The highest BCUT2D eigenvalue weighted by Gasteiger charge is 2.20. The molecule has 1 fully saturated rings. The van der Waals surface area contributed by atoms with Crippen molar-refractivity contribution in [2.24, 2.45) is 0 Å². The van der Waals surface area contributed by atoms with E-state index in [-0.39, 0.29) is 6.10 Å². The van der Waals surface area contributed by atoms with Crippen LogP contribution in [-0.2, 0) is 14.3 Å². The van der Waals surface area contributed by atoms with Crippen LogP contribution >= 0.6 is 0 Å². The summed E-state index contributed by atoms with van der Waals surface area (Å²) in [5.74, 6) is -0.836. The van der Waals surface area contributed by atoms with E-state index < -0.39 is 11.8 Å². The van der Waals surface area contributed by atoms with Gasteiger partial charge in [0.25, 0.3) is 0 Å². The van der Waals surface area contributed by atoms with E-state index in [0.29, 0.717) is 31.2 Å². The van der Waals surface area contributed by atoms with Crippen LogP contribution in [0.25, 0.3) is 0 Å². The molecule has 2 amide bonds. The third-order valence-electron chi connectivity index (χ3n) is 3.16. The van der Waals surface area contributed by atoms with Crippen LogP contribution in [0.5, 0.6) is 5.75 Å². The standard InChI is InChI=1S/C15H20N2O4/c1-2-20-13-8-4-3-7-12(13)17-15(19)14(18)16-10-11-6-5-9-21-11/h3-4,7-8,11H,2,5-6,9-10H2,1H3,(H,16,18)(H,17,19)/t11-/m0/s1. The summed E-state index contributed by atoms with van der Waals surface area (Å²) in [4.78, 5) is 23.6. The van der Waals surface area contributed by atoms with Crippen molar-refractivity contribution in [2.75, 3.05) is 25.1 Å². The minimum Gasteiger partial charge on any atom is -0.492 e. The molecule has 0 unspecified atom stereocenters. The maximum absolute atomic E-state index is 11.9. The van der Waals surface area contributed by atoms with Crippen LogP contribution in [0.1, 0.15) is 19.8 Å². The van der Waals surface area contributed by atoms with Crippen molar-refractivity contribution in [3.05, 3.63) is 24.3 Å². The van der Waals surface area contributed by atoms with Gasteiger partial charge in [0.05, 0.1) is 18.4 Å². The zero-order valence-electron chi connectivity index (χ0n) is 12.1. The van der Waals surface area contributed by atoms with Gasteiger partial charge >= 0.3 is 11.8 Å². The van der Waals surface area contributed by atoms with Gasteiger partial charge in [-0.15, -0.1) is 0 Å². The van der Waals surface area contributed by atoms with E-state index in [1.165, 1.54) is 0 Å². The van der Waals surface area contributed by atoms with Crippen LogP contribution in [0.3, 0.4) is 0 Å². The molecule has 0 bridgehead atoms. The topological polar surface area (TPSA) is 76.7 Å². The Hall–Kier alpha value is -2.08. The van der Waals surface area contributed by atoms with Crippen LogP contribution in [0.2, 0.25) is 0 Å². The monoisotopic (exact) mass is 292 g/mol. The molecule has 1 saturated heterocycles. The minimum atomic E-state index is -0.708. The molecule has 0 aromatic heterocycles. The van der Waals surface area contributed by atoms with Crippen LogP contribution in [0, 0.1) is 0 Å². The van der Waals surface area contributed by atoms with Crippen molar-refractivity contribution >= 4 is 17.5 Å². The molecule has 2 rings (SSSR count). The molecule has 1 aromatic carbocycles. The molecule has 0 saturated carbocycles. The number of hydrogen-bond donors (Lipinski definition) is 2. The van der Waals surface area contributed by atoms with Crippen molar-refractivity contribution in [3.8, 4) is 5.75 Å². The Morgan fingerprint density at radius 2 is 2.14 bits per heavy atom. The molecule has 6 heteroatoms. The van der Waals surface area contributed by atoms with Crippen LogP contribution in [0.4, 0.5) is 5.69 Å². The maximum atomic E-state index is 11.9. The number of nitrogens with one attached hydrogen (secondary N) is 2. The number of benzene rings is 1. The maximum Gasteiger partial charge on any atom is 0.313 e. The van der Waals surface area contributed by atoms with Gasteiger partial charge in [-0.3, -0.25) is 9.59 Å². The molecule has 1 aliphatic heterocycles. The Morgan fingerprint density at radius 1 is 1.33 bits per heavy atom. The number of rotatable bonds is 5. The molecule has 2 N–H and O–H groups in total. The average molecular weight is 292 g/mol. The highest BCUT2D eigenvalue weighted by molar-refractivity contribution is 6.39. The van der Waals surface area contributed by atoms with E-state index in [9.17, 15) is 9.59 Å². The van der Waals surface area contributed by atoms with Crippen molar-refractivity contribution in [1.82, 2.24) is 5.32 Å². The van der Waals surface area contributed by atoms with Gasteiger partial charge in [0.2, 0.25) is 0 Å². The van der Waals surface area contributed by atoms with Gasteiger partial charge < -0.3 is 20.1 Å². The first-order chi connectivity index (χ1) is 10.2. The Morgan fingerprint density at radius 3 is 2.86 bits per heavy atom. The second kappa shape index (κ2) is 7.64. The van der Waals surface area contributed by atoms with Crippen molar-refractivity contribution in [2.45, 2.75) is 25.9 Å². The Labute approximate surface area is 123 Å². The lowest BCUT2D eigenvalue weighted by Gasteiger charge is -2.12. The molecular weight excluding hydrogens is 272 g/mol. The van der Waals surface area contributed by atoms with Gasteiger partial charge in [-0.1, -0.05) is 12.1 Å². The lowest BCUT2D eigenvalue weighted by molar-refractivity contribution is -0.136. The fourth-order valence-electron chi connectivity index (χ4n) is 2.12. The predicted octanol–water partition coefficient (Wildman–Crippen LogP) is 1.32. The van der Waals surface area contributed by atoms with E-state index in [0.717, 1.165) is 12.8 Å². The van der Waals surface area contributed by atoms with Crippen LogP contribution < -0.4 is 15.4 Å². The summed E-state index contributed by atoms with van der Waals surface area (Å²) >= 11 is 0. The van der Waals surface area contributed by atoms with Gasteiger partial charge in [0, 0.05) is 13.2 Å². The molecular formula is C15H20N2O4. The summed E-state index contributed by atoms with van der Waals surface area (Å²) in [5, 5.41) is 5.13. The largest absolute Gasteiger partial charge is 0.492 e. The minimum absolute atomic E-state index is 0.0115. The third kappa shape index (κ3) is 4.46. The molecule has 1 heterocycles. The summed E-state index contributed by atoms with van der Waals surface area (Å²) in [6.07, 6.45) is 1.92. The summed E-state index contributed by atoms with van der Waals surface area (Å²) in [6, 6.07) is 7.00. The van der Waals surface area contributed by atoms with Crippen LogP contribution in [0.15, 0.2) is 24.3 Å². The normalized spacial score (nSPS) is 17.3. The number of carbonyl (C=O) groups excluding carboxylic acids is 2. The van der Waals surface area contributed by atoms with E-state index in [1.54, 1.807) is 24.3 Å². The van der Waals surface area contributed by atoms with E-state index in [2.05, 4.69) is 10.6 Å². The molecule has 1 aromatic rings. The van der Waals surface area contributed by atoms with E-state index >= 15 is 0 Å². The zero-order valence-corrected chi connectivity index (χ0v) is 12.1. The van der Waals surface area contributed by atoms with Gasteiger partial charge in [0.15, 0.2) is 0 Å². The number of ether oxygens (including phenoxy) is 2. The second-order valence-corrected chi connectivity index (χ2v) is 4.73. The molecule has 1 atom stereocenters. The fourth-order valence-corrected chi connectivity index (χ4v) is 2.12. The molecule has 1 aliphatic rings. The number of hydrogen-bond acceptors (Lipinski definition) is 4. The number of amides is 2. The summed E-state index contributed by atoms with van der Waals surface area (Å²) in [5.41, 5.74) is 0.483. The lowest BCUT2D eigenvalue weighted by atomic mass is 10.2. The summed E-state index contributed by atoms with van der Waals surface area (Å²) in [7, 11) is 0. The first-order valence-electron chi connectivity index (χ1n) is 7.13. The highest BCUT2D eigenvalue weighted by atomic mass is 16.5. The van der Waals surface area contributed by atoms with Crippen LogP contribution in [-0.4, -0.2) is 37.7 Å². The van der Waals surface area contributed by atoms with Gasteiger partial charge in [-0.2, -0.15) is 0 Å². The number of anilines is 1. The van der Waals surface area contributed by atoms with Gasteiger partial charge in [-0.05, 0) is 31.9 Å². The predicted molar refractivity (Wildman–Crippen MR) is 78.2 cm³/mol. The molecule has 114 valence electrons. The van der Waals surface area contributed by atoms with Crippen molar-refractivity contribution in [3.63, 3.8) is 0 Å². The highest BCUT2D eigenvalue weighted by Crippen LogP contribution is 2.23. The summed E-state index contributed by atoms with van der Waals surface area (Å²) < 4.78 is 10.8. The lowest BCUT2D eigenvalue weighted by Crippen LogP contribution is -2.39. The smallest absolute Gasteiger partial charge is 0.313 e. The van der Waals surface area contributed by atoms with E-state index in [4.69, 9.17) is 9.47 Å². The SMILES string of the molecule is CCOc1ccccc1NC(=O)C(=O)NC[C@@H]1CCCO1. The molecule has 0 spiro atoms. The first-order valence-corrected chi connectivity index (χ1v) is 7.13.